The molecule has 0 unspecified atom stereocenters. The van der Waals surface area contributed by atoms with E-state index in [0.29, 0.717) is 6.61 Å². The Morgan fingerprint density at radius 1 is 0.968 bits per heavy atom. The lowest BCUT2D eigenvalue weighted by Crippen LogP contribution is -2.36. The molecule has 0 bridgehead atoms. The van der Waals surface area contributed by atoms with E-state index in [-0.39, 0.29) is 29.5 Å². The molecule has 2 aromatic carbocycles. The maximum Gasteiger partial charge on any atom is 0.289 e. The van der Waals surface area contributed by atoms with Crippen molar-refractivity contribution in [2.45, 2.75) is 39.5 Å². The number of alkyl halides is 1. The number of benzene rings is 2. The number of ether oxygens (including phenoxy) is 2. The molecule has 3 aromatic rings. The molecule has 5 nitrogen and oxygen atoms in total. The van der Waals surface area contributed by atoms with Gasteiger partial charge in [0.2, 0.25) is 0 Å². The van der Waals surface area contributed by atoms with Crippen LogP contribution < -0.4 is 10.3 Å². The van der Waals surface area contributed by atoms with E-state index in [0.717, 1.165) is 22.3 Å². The number of aromatic nitrogens is 2. The fourth-order valence-electron chi connectivity index (χ4n) is 2.99. The maximum atomic E-state index is 12.4. The van der Waals surface area contributed by atoms with Crippen LogP contribution in [0.15, 0.2) is 59.5 Å². The van der Waals surface area contributed by atoms with E-state index in [2.05, 4.69) is 5.10 Å². The predicted molar refractivity (Wildman–Crippen MR) is 120 cm³/mol. The zero-order valence-corrected chi connectivity index (χ0v) is 18.7. The third-order valence-electron chi connectivity index (χ3n) is 4.65. The minimum absolute atomic E-state index is 0.0251. The quantitative estimate of drug-likeness (QED) is 0.437. The van der Waals surface area contributed by atoms with Crippen LogP contribution in [0.25, 0.3) is 11.1 Å². The van der Waals surface area contributed by atoms with E-state index < -0.39 is 12.2 Å². The highest BCUT2D eigenvalue weighted by Gasteiger charge is 2.20. The zero-order chi connectivity index (χ0) is 22.4. The predicted octanol–water partition coefficient (Wildman–Crippen LogP) is 5.38. The molecule has 0 aliphatic heterocycles. The van der Waals surface area contributed by atoms with Gasteiger partial charge in [0.05, 0.1) is 24.9 Å². The first-order valence-corrected chi connectivity index (χ1v) is 10.4. The molecule has 0 atom stereocenters. The minimum atomic E-state index is -0.476. The molecule has 31 heavy (non-hydrogen) atoms. The molecule has 1 heterocycles. The van der Waals surface area contributed by atoms with Gasteiger partial charge in [0.15, 0.2) is 10.8 Å². The Balaban J connectivity index is 1.64. The molecule has 0 spiro atoms. The molecule has 3 rings (SSSR count). The topological polar surface area (TPSA) is 53.4 Å². The normalized spacial score (nSPS) is 11.5. The van der Waals surface area contributed by atoms with Gasteiger partial charge in [-0.1, -0.05) is 60.1 Å². The summed E-state index contributed by atoms with van der Waals surface area (Å²) < 4.78 is 24.4. The van der Waals surface area contributed by atoms with Crippen molar-refractivity contribution in [2.75, 3.05) is 13.3 Å². The number of halogens is 2. The van der Waals surface area contributed by atoms with Gasteiger partial charge in [-0.3, -0.25) is 4.79 Å². The second-order valence-electron chi connectivity index (χ2n) is 8.13. The van der Waals surface area contributed by atoms with Crippen LogP contribution in [0.5, 0.6) is 5.75 Å². The Morgan fingerprint density at radius 3 is 2.03 bits per heavy atom. The molecular formula is C24H26ClFN2O3. The Hall–Kier alpha value is -2.70. The summed E-state index contributed by atoms with van der Waals surface area (Å²) in [5.74, 6) is 0.266. The van der Waals surface area contributed by atoms with Crippen molar-refractivity contribution >= 4 is 11.6 Å². The summed E-state index contributed by atoms with van der Waals surface area (Å²) in [4.78, 5) is 12.4. The summed E-state index contributed by atoms with van der Waals surface area (Å²) in [5.41, 5.74) is 3.24. The first kappa shape index (κ1) is 23.0. The average molecular weight is 445 g/mol. The lowest BCUT2D eigenvalue weighted by molar-refractivity contribution is 0.106. The molecule has 7 heteroatoms. The second kappa shape index (κ2) is 10.1. The van der Waals surface area contributed by atoms with Gasteiger partial charge in [-0.05, 0) is 43.0 Å². The molecule has 0 saturated heterocycles. The smallest absolute Gasteiger partial charge is 0.289 e. The van der Waals surface area contributed by atoms with Gasteiger partial charge in [0.25, 0.3) is 5.56 Å². The molecule has 0 aliphatic rings. The lowest BCUT2D eigenvalue weighted by atomic mass is 10.0. The Morgan fingerprint density at radius 2 is 1.52 bits per heavy atom. The number of nitrogens with zero attached hydrogens (tertiary/aromatic N) is 2. The van der Waals surface area contributed by atoms with Gasteiger partial charge < -0.3 is 9.47 Å². The van der Waals surface area contributed by atoms with Gasteiger partial charge in [-0.2, -0.15) is 5.10 Å². The third-order valence-corrected chi connectivity index (χ3v) is 5.00. The van der Waals surface area contributed by atoms with Crippen molar-refractivity contribution in [1.29, 1.82) is 0 Å². The van der Waals surface area contributed by atoms with Crippen LogP contribution in [-0.2, 0) is 23.5 Å². The zero-order valence-electron chi connectivity index (χ0n) is 17.9. The van der Waals surface area contributed by atoms with Gasteiger partial charge in [0, 0.05) is 0 Å². The van der Waals surface area contributed by atoms with E-state index in [1.165, 1.54) is 10.9 Å². The van der Waals surface area contributed by atoms with E-state index in [1.807, 2.05) is 69.3 Å². The number of hydrogen-bond acceptors (Lipinski definition) is 4. The molecule has 0 amide bonds. The maximum absolute atomic E-state index is 12.4. The Labute approximate surface area is 186 Å². The summed E-state index contributed by atoms with van der Waals surface area (Å²) in [5, 5.41) is 4.20. The van der Waals surface area contributed by atoms with Crippen molar-refractivity contribution in [2.24, 2.45) is 0 Å². The number of hydrogen-bond donors (Lipinski definition) is 0. The molecule has 164 valence electrons. The van der Waals surface area contributed by atoms with Crippen LogP contribution in [0.2, 0.25) is 5.02 Å². The van der Waals surface area contributed by atoms with Gasteiger partial charge in [0.1, 0.15) is 13.3 Å². The molecule has 0 radical (unpaired) electrons. The standard InChI is InChI=1S/C24H26ClFN2O3/c1-24(2,3)28-23(29)22(25)21(14-27-28)31-16-18-6-10-20(11-7-18)19-8-4-17(5-9-19)15-30-13-12-26/h4-11,14H,12-13,15-16H2,1-3H3. The highest BCUT2D eigenvalue weighted by molar-refractivity contribution is 6.31. The highest BCUT2D eigenvalue weighted by Crippen LogP contribution is 2.24. The molecule has 0 N–H and O–H groups in total. The van der Waals surface area contributed by atoms with Crippen LogP contribution in [-0.4, -0.2) is 23.1 Å². The van der Waals surface area contributed by atoms with Crippen LogP contribution in [0.4, 0.5) is 4.39 Å². The molecule has 0 saturated carbocycles. The van der Waals surface area contributed by atoms with Crippen LogP contribution in [0.3, 0.4) is 0 Å². The van der Waals surface area contributed by atoms with Crippen molar-refractivity contribution in [1.82, 2.24) is 9.78 Å². The molecule has 0 fully saturated rings. The molecule has 1 aromatic heterocycles. The summed E-state index contributed by atoms with van der Waals surface area (Å²) in [6.45, 7) is 5.96. The molecule has 0 aliphatic carbocycles. The van der Waals surface area contributed by atoms with E-state index in [9.17, 15) is 9.18 Å². The van der Waals surface area contributed by atoms with Gasteiger partial charge in [-0.15, -0.1) is 0 Å². The van der Waals surface area contributed by atoms with Crippen LogP contribution >= 0.6 is 11.6 Å². The minimum Gasteiger partial charge on any atom is -0.485 e. The summed E-state index contributed by atoms with van der Waals surface area (Å²) >= 11 is 6.20. The van der Waals surface area contributed by atoms with Crippen molar-refractivity contribution in [3.63, 3.8) is 0 Å². The summed E-state index contributed by atoms with van der Waals surface area (Å²) in [6, 6.07) is 15.9. The van der Waals surface area contributed by atoms with Crippen molar-refractivity contribution in [3.8, 4) is 16.9 Å². The average Bonchev–Trinajstić information content (AvgIpc) is 2.75. The van der Waals surface area contributed by atoms with Gasteiger partial charge in [-0.25, -0.2) is 9.07 Å². The monoisotopic (exact) mass is 444 g/mol. The van der Waals surface area contributed by atoms with E-state index in [4.69, 9.17) is 21.1 Å². The first-order chi connectivity index (χ1) is 14.8. The fraction of sp³-hybridized carbons (Fsp3) is 0.333. The lowest BCUT2D eigenvalue weighted by Gasteiger charge is -2.21. The fourth-order valence-corrected chi connectivity index (χ4v) is 3.17. The van der Waals surface area contributed by atoms with Crippen molar-refractivity contribution in [3.05, 3.63) is 81.2 Å². The summed E-state index contributed by atoms with van der Waals surface area (Å²) in [6.07, 6.45) is 1.47. The van der Waals surface area contributed by atoms with E-state index in [1.54, 1.807) is 0 Å². The van der Waals surface area contributed by atoms with E-state index >= 15 is 0 Å². The largest absolute Gasteiger partial charge is 0.485 e. The second-order valence-corrected chi connectivity index (χ2v) is 8.51. The summed E-state index contributed by atoms with van der Waals surface area (Å²) in [7, 11) is 0. The molecular weight excluding hydrogens is 419 g/mol. The highest BCUT2D eigenvalue weighted by atomic mass is 35.5. The third kappa shape index (κ3) is 5.93. The Bertz CT molecular complexity index is 1060. The first-order valence-electron chi connectivity index (χ1n) is 10.0. The van der Waals surface area contributed by atoms with Gasteiger partial charge >= 0.3 is 0 Å². The van der Waals surface area contributed by atoms with Crippen LogP contribution in [0.1, 0.15) is 31.9 Å². The SMILES string of the molecule is CC(C)(C)n1ncc(OCc2ccc(-c3ccc(COCCF)cc3)cc2)c(Cl)c1=O. The number of rotatable bonds is 8. The van der Waals surface area contributed by atoms with Crippen LogP contribution in [0, 0.1) is 0 Å². The Kier molecular flexibility index (Phi) is 7.46. The van der Waals surface area contributed by atoms with Crippen molar-refractivity contribution < 1.29 is 13.9 Å².